The summed E-state index contributed by atoms with van der Waals surface area (Å²) in [4.78, 5) is 0. The standard InChI is InChI=1S/C8H18O3/c1-6(10)11-7(5-9)8(2,3)4/h6-7,9-10H,5H2,1-4H3. The molecule has 0 bridgehead atoms. The molecule has 0 spiro atoms. The molecule has 3 heteroatoms. The first-order chi connectivity index (χ1) is 4.88. The van der Waals surface area contributed by atoms with E-state index >= 15 is 0 Å². The Balaban J connectivity index is 3.96. The molecule has 0 rings (SSSR count). The molecule has 0 aromatic rings. The maximum atomic E-state index is 8.88. The van der Waals surface area contributed by atoms with E-state index in [1.165, 1.54) is 6.92 Å². The topological polar surface area (TPSA) is 49.7 Å². The zero-order valence-corrected chi connectivity index (χ0v) is 7.66. The number of rotatable bonds is 3. The number of aliphatic hydroxyl groups is 2. The second kappa shape index (κ2) is 4.04. The van der Waals surface area contributed by atoms with Crippen LogP contribution in [0.15, 0.2) is 0 Å². The van der Waals surface area contributed by atoms with Crippen molar-refractivity contribution in [3.05, 3.63) is 0 Å². The molecule has 2 atom stereocenters. The van der Waals surface area contributed by atoms with Crippen molar-refractivity contribution in [1.29, 1.82) is 0 Å². The van der Waals surface area contributed by atoms with E-state index in [2.05, 4.69) is 0 Å². The van der Waals surface area contributed by atoms with Crippen LogP contribution >= 0.6 is 0 Å². The fourth-order valence-corrected chi connectivity index (χ4v) is 0.759. The highest BCUT2D eigenvalue weighted by Gasteiger charge is 2.25. The summed E-state index contributed by atoms with van der Waals surface area (Å²) < 4.78 is 5.07. The molecule has 0 heterocycles. The third kappa shape index (κ3) is 4.35. The Morgan fingerprint density at radius 2 is 1.82 bits per heavy atom. The molecule has 0 saturated carbocycles. The third-order valence-electron chi connectivity index (χ3n) is 1.49. The average Bonchev–Trinajstić information content (AvgIpc) is 1.79. The van der Waals surface area contributed by atoms with Crippen molar-refractivity contribution in [2.24, 2.45) is 5.41 Å². The molecule has 2 N–H and O–H groups in total. The molecule has 11 heavy (non-hydrogen) atoms. The lowest BCUT2D eigenvalue weighted by Crippen LogP contribution is -2.35. The lowest BCUT2D eigenvalue weighted by atomic mass is 9.89. The monoisotopic (exact) mass is 162 g/mol. The van der Waals surface area contributed by atoms with Gasteiger partial charge in [-0.25, -0.2) is 0 Å². The largest absolute Gasteiger partial charge is 0.394 e. The van der Waals surface area contributed by atoms with Gasteiger partial charge >= 0.3 is 0 Å². The predicted molar refractivity (Wildman–Crippen MR) is 43.1 cm³/mol. The third-order valence-corrected chi connectivity index (χ3v) is 1.49. The van der Waals surface area contributed by atoms with Gasteiger partial charge in [-0.2, -0.15) is 0 Å². The van der Waals surface area contributed by atoms with Crippen molar-refractivity contribution in [2.75, 3.05) is 6.61 Å². The Kier molecular flexibility index (Phi) is 4.00. The van der Waals surface area contributed by atoms with Gasteiger partial charge in [-0.15, -0.1) is 0 Å². The van der Waals surface area contributed by atoms with Crippen LogP contribution in [0.25, 0.3) is 0 Å². The van der Waals surface area contributed by atoms with Gasteiger partial charge in [-0.05, 0) is 12.3 Å². The number of ether oxygens (including phenoxy) is 1. The quantitative estimate of drug-likeness (QED) is 0.602. The first-order valence-electron chi connectivity index (χ1n) is 3.82. The summed E-state index contributed by atoms with van der Waals surface area (Å²) in [6.45, 7) is 7.34. The van der Waals surface area contributed by atoms with Crippen molar-refractivity contribution >= 4 is 0 Å². The molecule has 0 aliphatic carbocycles. The van der Waals surface area contributed by atoms with Crippen LogP contribution in [-0.4, -0.2) is 29.2 Å². The van der Waals surface area contributed by atoms with E-state index in [1.54, 1.807) is 0 Å². The van der Waals surface area contributed by atoms with Gasteiger partial charge in [0.2, 0.25) is 0 Å². The smallest absolute Gasteiger partial charge is 0.152 e. The number of hydrogen-bond donors (Lipinski definition) is 2. The molecule has 2 unspecified atom stereocenters. The lowest BCUT2D eigenvalue weighted by Gasteiger charge is -2.29. The first kappa shape index (κ1) is 10.9. The molecular formula is C8H18O3. The van der Waals surface area contributed by atoms with Gasteiger partial charge in [0.05, 0.1) is 12.7 Å². The first-order valence-corrected chi connectivity index (χ1v) is 3.82. The summed E-state index contributed by atoms with van der Waals surface area (Å²) >= 11 is 0. The molecule has 0 amide bonds. The van der Waals surface area contributed by atoms with Crippen LogP contribution in [0.1, 0.15) is 27.7 Å². The Bertz CT molecular complexity index is 104. The van der Waals surface area contributed by atoms with Gasteiger partial charge in [0.15, 0.2) is 6.29 Å². The van der Waals surface area contributed by atoms with E-state index in [1.807, 2.05) is 20.8 Å². The van der Waals surface area contributed by atoms with Crippen molar-refractivity contribution in [2.45, 2.75) is 40.1 Å². The molecule has 0 aromatic carbocycles. The SMILES string of the molecule is CC(O)OC(CO)C(C)(C)C. The Labute approximate surface area is 68.0 Å². The fraction of sp³-hybridized carbons (Fsp3) is 1.00. The summed E-state index contributed by atoms with van der Waals surface area (Å²) in [5, 5.41) is 17.8. The summed E-state index contributed by atoms with van der Waals surface area (Å²) in [6.07, 6.45) is -1.12. The molecule has 0 fully saturated rings. The minimum atomic E-state index is -0.814. The van der Waals surface area contributed by atoms with Gasteiger partial charge in [0.1, 0.15) is 0 Å². The predicted octanol–water partition coefficient (Wildman–Crippen LogP) is 0.748. The van der Waals surface area contributed by atoms with Gasteiger partial charge in [-0.3, -0.25) is 0 Å². The Morgan fingerprint density at radius 1 is 1.36 bits per heavy atom. The van der Waals surface area contributed by atoms with E-state index in [9.17, 15) is 0 Å². The van der Waals surface area contributed by atoms with Crippen LogP contribution in [0, 0.1) is 5.41 Å². The van der Waals surface area contributed by atoms with E-state index in [0.29, 0.717) is 0 Å². The van der Waals surface area contributed by atoms with Gasteiger partial charge in [0.25, 0.3) is 0 Å². The van der Waals surface area contributed by atoms with Crippen molar-refractivity contribution in [1.82, 2.24) is 0 Å². The highest BCUT2D eigenvalue weighted by atomic mass is 16.6. The summed E-state index contributed by atoms with van der Waals surface area (Å²) in [6, 6.07) is 0. The second-order valence-electron chi connectivity index (χ2n) is 3.77. The fourth-order valence-electron chi connectivity index (χ4n) is 0.759. The maximum absolute atomic E-state index is 8.88. The van der Waals surface area contributed by atoms with Crippen LogP contribution in [0.4, 0.5) is 0 Å². The summed E-state index contributed by atoms with van der Waals surface area (Å²) in [7, 11) is 0. The molecular weight excluding hydrogens is 144 g/mol. The average molecular weight is 162 g/mol. The molecule has 0 saturated heterocycles. The van der Waals surface area contributed by atoms with Crippen LogP contribution < -0.4 is 0 Å². The zero-order chi connectivity index (χ0) is 9.07. The second-order valence-corrected chi connectivity index (χ2v) is 3.77. The highest BCUT2D eigenvalue weighted by molar-refractivity contribution is 4.73. The zero-order valence-electron chi connectivity index (χ0n) is 7.66. The molecule has 0 aromatic heterocycles. The minimum absolute atomic E-state index is 0.0611. The summed E-state index contributed by atoms with van der Waals surface area (Å²) in [5.41, 5.74) is -0.133. The van der Waals surface area contributed by atoms with Crippen molar-refractivity contribution < 1.29 is 14.9 Å². The molecule has 0 aliphatic rings. The van der Waals surface area contributed by atoms with E-state index in [-0.39, 0.29) is 18.1 Å². The van der Waals surface area contributed by atoms with Crippen molar-refractivity contribution in [3.8, 4) is 0 Å². The Hall–Kier alpha value is -0.120. The summed E-state index contributed by atoms with van der Waals surface area (Å²) in [5.74, 6) is 0. The number of aliphatic hydroxyl groups excluding tert-OH is 2. The van der Waals surface area contributed by atoms with Crippen LogP contribution in [-0.2, 0) is 4.74 Å². The lowest BCUT2D eigenvalue weighted by molar-refractivity contribution is -0.165. The molecule has 0 radical (unpaired) electrons. The molecule has 68 valence electrons. The minimum Gasteiger partial charge on any atom is -0.394 e. The maximum Gasteiger partial charge on any atom is 0.152 e. The Morgan fingerprint density at radius 3 is 1.91 bits per heavy atom. The van der Waals surface area contributed by atoms with Gasteiger partial charge in [0, 0.05) is 0 Å². The van der Waals surface area contributed by atoms with E-state index in [4.69, 9.17) is 14.9 Å². The van der Waals surface area contributed by atoms with E-state index < -0.39 is 6.29 Å². The van der Waals surface area contributed by atoms with Crippen LogP contribution in [0.5, 0.6) is 0 Å². The highest BCUT2D eigenvalue weighted by Crippen LogP contribution is 2.22. The van der Waals surface area contributed by atoms with Gasteiger partial charge < -0.3 is 14.9 Å². The number of hydrogen-bond acceptors (Lipinski definition) is 3. The van der Waals surface area contributed by atoms with Crippen LogP contribution in [0.2, 0.25) is 0 Å². The van der Waals surface area contributed by atoms with E-state index in [0.717, 1.165) is 0 Å². The molecule has 3 nitrogen and oxygen atoms in total. The van der Waals surface area contributed by atoms with Gasteiger partial charge in [-0.1, -0.05) is 20.8 Å². The normalized spacial score (nSPS) is 18.0. The molecule has 0 aliphatic heterocycles. The van der Waals surface area contributed by atoms with Crippen LogP contribution in [0.3, 0.4) is 0 Å². The van der Waals surface area contributed by atoms with Crippen molar-refractivity contribution in [3.63, 3.8) is 0 Å².